The fraction of sp³-hybridized carbons (Fsp3) is 0.400. The first-order valence-electron chi connectivity index (χ1n) is 7.43. The Morgan fingerprint density at radius 2 is 2.09 bits per heavy atom. The van der Waals surface area contributed by atoms with E-state index in [-0.39, 0.29) is 11.2 Å². The number of nitrogen functional groups attached to an aromatic ring is 1. The third-order valence-corrected chi connectivity index (χ3v) is 4.84. The van der Waals surface area contributed by atoms with Crippen LogP contribution in [0.5, 0.6) is 0 Å². The van der Waals surface area contributed by atoms with Crippen molar-refractivity contribution in [3.05, 3.63) is 34.6 Å². The highest BCUT2D eigenvalue weighted by Crippen LogP contribution is 2.23. The molecule has 0 radical (unpaired) electrons. The van der Waals surface area contributed by atoms with Crippen LogP contribution in [0.3, 0.4) is 0 Å². The summed E-state index contributed by atoms with van der Waals surface area (Å²) in [5.41, 5.74) is 0.753. The van der Waals surface area contributed by atoms with Crippen LogP contribution in [0.2, 0.25) is 0 Å². The Kier molecular flexibility index (Phi) is 6.47. The third kappa shape index (κ3) is 4.97. The Labute approximate surface area is 148 Å². The molecule has 1 amide bonds. The van der Waals surface area contributed by atoms with Crippen LogP contribution in [0.1, 0.15) is 32.5 Å². The van der Waals surface area contributed by atoms with Crippen molar-refractivity contribution in [2.24, 2.45) is 0 Å². The number of aryl methyl sites for hydroxylation is 1. The normalized spacial score (nSPS) is 12.1. The summed E-state index contributed by atoms with van der Waals surface area (Å²) < 4.78 is 2.44. The van der Waals surface area contributed by atoms with Crippen LogP contribution in [0.15, 0.2) is 33.9 Å². The molecule has 0 aliphatic heterocycles. The molecule has 2 aromatic rings. The minimum atomic E-state index is -0.329. The number of nitrogens with one attached hydrogen (secondary N) is 1. The van der Waals surface area contributed by atoms with E-state index in [1.165, 1.54) is 16.4 Å². The van der Waals surface area contributed by atoms with E-state index in [4.69, 9.17) is 5.84 Å². The second-order valence-electron chi connectivity index (χ2n) is 5.13. The number of halogens is 1. The molecule has 6 nitrogen and oxygen atoms in total. The van der Waals surface area contributed by atoms with E-state index in [1.807, 2.05) is 31.2 Å². The Hall–Kier alpha value is -1.54. The number of carbonyl (C=O) groups excluding carboxylic acids is 1. The maximum Gasteiger partial charge on any atom is 0.237 e. The topological polar surface area (TPSA) is 85.8 Å². The summed E-state index contributed by atoms with van der Waals surface area (Å²) in [5, 5.41) is 11.3. The number of thioether (sulfide) groups is 1. The standard InChI is InChI=1S/C15H20BrN5OS/c1-3-4-5-13-19-20-15(21(13)17)23-10(2)14(22)18-12-8-6-11(16)7-9-12/h6-10H,3-5,17H2,1-2H3,(H,18,22)/t10-/m1/s1. The second kappa shape index (κ2) is 8.35. The van der Waals surface area contributed by atoms with Crippen molar-refractivity contribution < 1.29 is 4.79 Å². The number of aromatic nitrogens is 3. The molecule has 1 heterocycles. The van der Waals surface area contributed by atoms with Crippen molar-refractivity contribution in [3.63, 3.8) is 0 Å². The minimum absolute atomic E-state index is 0.101. The van der Waals surface area contributed by atoms with Crippen molar-refractivity contribution in [2.75, 3.05) is 11.2 Å². The van der Waals surface area contributed by atoms with E-state index in [0.29, 0.717) is 5.16 Å². The van der Waals surface area contributed by atoms with Crippen LogP contribution in [0.25, 0.3) is 0 Å². The summed E-state index contributed by atoms with van der Waals surface area (Å²) in [6, 6.07) is 7.44. The maximum absolute atomic E-state index is 12.2. The molecule has 0 bridgehead atoms. The minimum Gasteiger partial charge on any atom is -0.336 e. The number of rotatable bonds is 7. The number of unbranched alkanes of at least 4 members (excludes halogenated alkanes) is 1. The van der Waals surface area contributed by atoms with Crippen LogP contribution in [-0.4, -0.2) is 26.0 Å². The SMILES string of the molecule is CCCCc1nnc(S[C@H](C)C(=O)Nc2ccc(Br)cc2)n1N. The van der Waals surface area contributed by atoms with E-state index < -0.39 is 0 Å². The van der Waals surface area contributed by atoms with Gasteiger partial charge in [-0.1, -0.05) is 41.0 Å². The molecule has 0 aliphatic carbocycles. The lowest BCUT2D eigenvalue weighted by molar-refractivity contribution is -0.115. The summed E-state index contributed by atoms with van der Waals surface area (Å²) in [5.74, 6) is 6.64. The van der Waals surface area contributed by atoms with Crippen LogP contribution >= 0.6 is 27.7 Å². The van der Waals surface area contributed by atoms with Crippen LogP contribution in [-0.2, 0) is 11.2 Å². The summed E-state index contributed by atoms with van der Waals surface area (Å²) >= 11 is 4.66. The number of carbonyl (C=O) groups is 1. The quantitative estimate of drug-likeness (QED) is 0.553. The molecule has 0 saturated heterocycles. The fourth-order valence-electron chi connectivity index (χ4n) is 1.88. The first kappa shape index (κ1) is 17.8. The van der Waals surface area contributed by atoms with Gasteiger partial charge in [0, 0.05) is 16.6 Å². The van der Waals surface area contributed by atoms with E-state index in [2.05, 4.69) is 38.4 Å². The van der Waals surface area contributed by atoms with Gasteiger partial charge in [-0.05, 0) is 37.6 Å². The van der Waals surface area contributed by atoms with Crippen molar-refractivity contribution in [1.29, 1.82) is 0 Å². The highest BCUT2D eigenvalue weighted by atomic mass is 79.9. The number of hydrogen-bond donors (Lipinski definition) is 2. The van der Waals surface area contributed by atoms with E-state index in [9.17, 15) is 4.79 Å². The lowest BCUT2D eigenvalue weighted by atomic mass is 10.2. The number of amides is 1. The van der Waals surface area contributed by atoms with Gasteiger partial charge in [0.15, 0.2) is 5.82 Å². The van der Waals surface area contributed by atoms with Gasteiger partial charge in [-0.3, -0.25) is 4.79 Å². The van der Waals surface area contributed by atoms with Crippen molar-refractivity contribution >= 4 is 39.3 Å². The van der Waals surface area contributed by atoms with Crippen molar-refractivity contribution in [2.45, 2.75) is 43.5 Å². The van der Waals surface area contributed by atoms with Gasteiger partial charge in [0.25, 0.3) is 0 Å². The van der Waals surface area contributed by atoms with Gasteiger partial charge < -0.3 is 11.2 Å². The molecule has 3 N–H and O–H groups in total. The first-order valence-corrected chi connectivity index (χ1v) is 9.11. The number of nitrogens with zero attached hydrogens (tertiary/aromatic N) is 3. The molecule has 0 saturated carbocycles. The molecule has 1 aromatic heterocycles. The van der Waals surface area contributed by atoms with Gasteiger partial charge in [0.2, 0.25) is 11.1 Å². The highest BCUT2D eigenvalue weighted by Gasteiger charge is 2.19. The number of nitrogens with two attached hydrogens (primary N) is 1. The molecule has 0 fully saturated rings. The van der Waals surface area contributed by atoms with Gasteiger partial charge in [0.1, 0.15) is 0 Å². The molecule has 0 spiro atoms. The fourth-order valence-corrected chi connectivity index (χ4v) is 2.94. The van der Waals surface area contributed by atoms with Gasteiger partial charge >= 0.3 is 0 Å². The van der Waals surface area contributed by atoms with Gasteiger partial charge in [-0.2, -0.15) is 0 Å². The molecule has 124 valence electrons. The Balaban J connectivity index is 1.95. The average molecular weight is 398 g/mol. The maximum atomic E-state index is 12.2. The zero-order valence-electron chi connectivity index (χ0n) is 13.1. The van der Waals surface area contributed by atoms with Gasteiger partial charge in [-0.25, -0.2) is 4.68 Å². The molecule has 2 rings (SSSR count). The smallest absolute Gasteiger partial charge is 0.237 e. The molecular weight excluding hydrogens is 378 g/mol. The molecule has 8 heteroatoms. The zero-order valence-corrected chi connectivity index (χ0v) is 15.5. The lowest BCUT2D eigenvalue weighted by Gasteiger charge is -2.11. The molecule has 1 aromatic carbocycles. The summed E-state index contributed by atoms with van der Waals surface area (Å²) in [6.07, 6.45) is 2.88. The average Bonchev–Trinajstić information content (AvgIpc) is 2.88. The number of anilines is 1. The Morgan fingerprint density at radius 1 is 1.39 bits per heavy atom. The van der Waals surface area contributed by atoms with Gasteiger partial charge in [-0.15, -0.1) is 10.2 Å². The summed E-state index contributed by atoms with van der Waals surface area (Å²) in [6.45, 7) is 3.93. The highest BCUT2D eigenvalue weighted by molar-refractivity contribution is 9.10. The van der Waals surface area contributed by atoms with Crippen molar-refractivity contribution in [3.8, 4) is 0 Å². The van der Waals surface area contributed by atoms with Crippen LogP contribution in [0, 0.1) is 0 Å². The van der Waals surface area contributed by atoms with Gasteiger partial charge in [0.05, 0.1) is 5.25 Å². The molecular formula is C15H20BrN5OS. The van der Waals surface area contributed by atoms with E-state index in [0.717, 1.165) is 35.2 Å². The molecule has 1 atom stereocenters. The second-order valence-corrected chi connectivity index (χ2v) is 7.35. The largest absolute Gasteiger partial charge is 0.336 e. The predicted octanol–water partition coefficient (Wildman–Crippen LogP) is 3.22. The van der Waals surface area contributed by atoms with Crippen LogP contribution in [0.4, 0.5) is 5.69 Å². The summed E-state index contributed by atoms with van der Waals surface area (Å²) in [4.78, 5) is 12.2. The monoisotopic (exact) mass is 397 g/mol. The Bertz CT molecular complexity index is 658. The van der Waals surface area contributed by atoms with E-state index in [1.54, 1.807) is 0 Å². The first-order chi connectivity index (χ1) is 11.0. The summed E-state index contributed by atoms with van der Waals surface area (Å²) in [7, 11) is 0. The number of benzene rings is 1. The lowest BCUT2D eigenvalue weighted by Crippen LogP contribution is -2.23. The third-order valence-electron chi connectivity index (χ3n) is 3.25. The predicted molar refractivity (Wildman–Crippen MR) is 96.9 cm³/mol. The Morgan fingerprint density at radius 3 is 2.74 bits per heavy atom. The molecule has 0 aliphatic rings. The van der Waals surface area contributed by atoms with E-state index >= 15 is 0 Å². The van der Waals surface area contributed by atoms with Crippen molar-refractivity contribution in [1.82, 2.24) is 14.9 Å². The zero-order chi connectivity index (χ0) is 16.8. The molecule has 23 heavy (non-hydrogen) atoms. The van der Waals surface area contributed by atoms with Crippen LogP contribution < -0.4 is 11.2 Å². The molecule has 0 unspecified atom stereocenters. The number of hydrogen-bond acceptors (Lipinski definition) is 5.